The number of hydrogen-bond acceptors (Lipinski definition) is 5. The summed E-state index contributed by atoms with van der Waals surface area (Å²) in [6.45, 7) is 2.54. The van der Waals surface area contributed by atoms with Gasteiger partial charge in [0.25, 0.3) is 0 Å². The number of nitrogens with zero attached hydrogens (tertiary/aromatic N) is 4. The second-order valence-corrected chi connectivity index (χ2v) is 6.38. The summed E-state index contributed by atoms with van der Waals surface area (Å²) in [7, 11) is 0. The smallest absolute Gasteiger partial charge is 0.408 e. The van der Waals surface area contributed by atoms with Crippen molar-refractivity contribution >= 4 is 17.0 Å². The zero-order chi connectivity index (χ0) is 19.5. The Bertz CT molecular complexity index is 1190. The minimum absolute atomic E-state index is 0.144. The van der Waals surface area contributed by atoms with E-state index in [1.165, 1.54) is 4.57 Å². The predicted octanol–water partition coefficient (Wildman–Crippen LogP) is 2.19. The first-order chi connectivity index (χ1) is 13.6. The van der Waals surface area contributed by atoms with Crippen LogP contribution in [-0.4, -0.2) is 25.0 Å². The van der Waals surface area contributed by atoms with Crippen LogP contribution in [0.4, 0.5) is 0 Å². The Morgan fingerprint density at radius 1 is 1.18 bits per heavy atom. The van der Waals surface area contributed by atoms with Gasteiger partial charge in [-0.05, 0) is 36.8 Å². The van der Waals surface area contributed by atoms with Gasteiger partial charge in [-0.1, -0.05) is 12.1 Å². The molecular formula is C20H19N5O3. The molecule has 0 aliphatic heterocycles. The summed E-state index contributed by atoms with van der Waals surface area (Å²) in [5.74, 6) is 0.988. The van der Waals surface area contributed by atoms with E-state index in [1.54, 1.807) is 30.6 Å². The fourth-order valence-corrected chi connectivity index (χ4v) is 3.05. The van der Waals surface area contributed by atoms with Crippen LogP contribution in [-0.2, 0) is 17.9 Å². The van der Waals surface area contributed by atoms with Crippen LogP contribution in [0.2, 0.25) is 0 Å². The average molecular weight is 377 g/mol. The van der Waals surface area contributed by atoms with E-state index in [2.05, 4.69) is 15.3 Å². The third-order valence-corrected chi connectivity index (χ3v) is 4.51. The molecule has 0 radical (unpaired) electrons. The average Bonchev–Trinajstić information content (AvgIpc) is 3.27. The highest BCUT2D eigenvalue weighted by atomic mass is 16.4. The first-order valence-corrected chi connectivity index (χ1v) is 8.92. The van der Waals surface area contributed by atoms with Crippen molar-refractivity contribution in [2.75, 3.05) is 0 Å². The number of amides is 1. The minimum atomic E-state index is -0.455. The van der Waals surface area contributed by atoms with Crippen molar-refractivity contribution in [3.05, 3.63) is 76.9 Å². The van der Waals surface area contributed by atoms with Gasteiger partial charge in [0.1, 0.15) is 11.6 Å². The number of carbonyl (C=O) groups is 1. The van der Waals surface area contributed by atoms with E-state index in [1.807, 2.05) is 35.9 Å². The molecule has 0 fully saturated rings. The number of benzene rings is 1. The van der Waals surface area contributed by atoms with Crippen molar-refractivity contribution in [3.8, 4) is 5.82 Å². The van der Waals surface area contributed by atoms with Crippen LogP contribution in [0.5, 0.6) is 0 Å². The van der Waals surface area contributed by atoms with Crippen LogP contribution in [0.1, 0.15) is 17.8 Å². The lowest BCUT2D eigenvalue weighted by Crippen LogP contribution is -2.25. The number of fused-ring (bicyclic) bond motifs is 1. The van der Waals surface area contributed by atoms with Gasteiger partial charge in [-0.3, -0.25) is 13.9 Å². The summed E-state index contributed by atoms with van der Waals surface area (Å²) in [6.07, 6.45) is 5.44. The first-order valence-electron chi connectivity index (χ1n) is 8.92. The summed E-state index contributed by atoms with van der Waals surface area (Å²) in [4.78, 5) is 32.7. The number of nitrogens with one attached hydrogen (secondary N) is 1. The van der Waals surface area contributed by atoms with E-state index >= 15 is 0 Å². The lowest BCUT2D eigenvalue weighted by atomic mass is 10.2. The molecule has 0 saturated heterocycles. The Kier molecular flexibility index (Phi) is 4.76. The van der Waals surface area contributed by atoms with Crippen molar-refractivity contribution in [1.82, 2.24) is 24.4 Å². The number of imidazole rings is 1. The Hall–Kier alpha value is -3.68. The molecular weight excluding hydrogens is 358 g/mol. The second-order valence-electron chi connectivity index (χ2n) is 6.38. The SMILES string of the molecule is Cc1nccn1-c1cc(CNC(=O)CCn2c(=O)oc3ccccc32)ccn1. The van der Waals surface area contributed by atoms with Gasteiger partial charge in [-0.2, -0.15) is 0 Å². The molecule has 1 N–H and O–H groups in total. The zero-order valence-electron chi connectivity index (χ0n) is 15.3. The van der Waals surface area contributed by atoms with Crippen LogP contribution < -0.4 is 11.1 Å². The van der Waals surface area contributed by atoms with Gasteiger partial charge < -0.3 is 9.73 Å². The maximum absolute atomic E-state index is 12.2. The minimum Gasteiger partial charge on any atom is -0.408 e. The van der Waals surface area contributed by atoms with E-state index < -0.39 is 5.76 Å². The van der Waals surface area contributed by atoms with E-state index in [4.69, 9.17) is 4.42 Å². The maximum atomic E-state index is 12.2. The van der Waals surface area contributed by atoms with Crippen molar-refractivity contribution in [3.63, 3.8) is 0 Å². The molecule has 3 aromatic heterocycles. The van der Waals surface area contributed by atoms with Gasteiger partial charge in [-0.25, -0.2) is 14.8 Å². The van der Waals surface area contributed by atoms with Gasteiger partial charge >= 0.3 is 5.76 Å². The molecule has 4 rings (SSSR count). The lowest BCUT2D eigenvalue weighted by Gasteiger charge is -2.08. The van der Waals surface area contributed by atoms with Crippen LogP contribution in [0, 0.1) is 6.92 Å². The van der Waals surface area contributed by atoms with Crippen molar-refractivity contribution in [1.29, 1.82) is 0 Å². The lowest BCUT2D eigenvalue weighted by molar-refractivity contribution is -0.121. The molecule has 4 aromatic rings. The Morgan fingerprint density at radius 2 is 2.04 bits per heavy atom. The Morgan fingerprint density at radius 3 is 2.86 bits per heavy atom. The first kappa shape index (κ1) is 17.7. The van der Waals surface area contributed by atoms with Crippen LogP contribution in [0.25, 0.3) is 16.9 Å². The summed E-state index contributed by atoms with van der Waals surface area (Å²) in [6, 6.07) is 10.9. The van der Waals surface area contributed by atoms with Crippen molar-refractivity contribution < 1.29 is 9.21 Å². The molecule has 8 heteroatoms. The summed E-state index contributed by atoms with van der Waals surface area (Å²) in [5.41, 5.74) is 2.14. The summed E-state index contributed by atoms with van der Waals surface area (Å²) < 4.78 is 8.53. The third-order valence-electron chi connectivity index (χ3n) is 4.51. The Balaban J connectivity index is 1.38. The van der Waals surface area contributed by atoms with Gasteiger partial charge in [0.2, 0.25) is 5.91 Å². The van der Waals surface area contributed by atoms with Gasteiger partial charge in [0.15, 0.2) is 5.58 Å². The third kappa shape index (κ3) is 3.57. The van der Waals surface area contributed by atoms with Crippen LogP contribution >= 0.6 is 0 Å². The fourth-order valence-electron chi connectivity index (χ4n) is 3.05. The molecule has 0 unspecified atom stereocenters. The van der Waals surface area contributed by atoms with Gasteiger partial charge in [-0.15, -0.1) is 0 Å². The highest BCUT2D eigenvalue weighted by molar-refractivity contribution is 5.76. The standard InChI is InChI=1S/C20H19N5O3/c1-14-21-9-11-24(14)18-12-15(6-8-22-18)13-23-19(26)7-10-25-16-4-2-3-5-17(16)28-20(25)27/h2-6,8-9,11-12H,7,10,13H2,1H3,(H,23,26). The maximum Gasteiger partial charge on any atom is 0.419 e. The molecule has 3 heterocycles. The fraction of sp³-hybridized carbons (Fsp3) is 0.200. The van der Waals surface area contributed by atoms with E-state index in [0.717, 1.165) is 17.2 Å². The number of carbonyl (C=O) groups excluding carboxylic acids is 1. The largest absolute Gasteiger partial charge is 0.419 e. The molecule has 0 aliphatic rings. The van der Waals surface area contributed by atoms with Crippen molar-refractivity contribution in [2.24, 2.45) is 0 Å². The molecule has 0 spiro atoms. The molecule has 1 amide bonds. The summed E-state index contributed by atoms with van der Waals surface area (Å²) >= 11 is 0. The van der Waals surface area contributed by atoms with Gasteiger partial charge in [0, 0.05) is 38.1 Å². The van der Waals surface area contributed by atoms with Crippen molar-refractivity contribution in [2.45, 2.75) is 26.4 Å². The summed E-state index contributed by atoms with van der Waals surface area (Å²) in [5, 5.41) is 2.88. The van der Waals surface area contributed by atoms with E-state index in [9.17, 15) is 9.59 Å². The Labute approximate surface area is 160 Å². The monoisotopic (exact) mass is 377 g/mol. The second kappa shape index (κ2) is 7.51. The number of aromatic nitrogens is 4. The number of hydrogen-bond donors (Lipinski definition) is 1. The predicted molar refractivity (Wildman–Crippen MR) is 103 cm³/mol. The normalized spacial score (nSPS) is 11.0. The highest BCUT2D eigenvalue weighted by Gasteiger charge is 2.10. The zero-order valence-corrected chi connectivity index (χ0v) is 15.3. The number of oxazole rings is 1. The quantitative estimate of drug-likeness (QED) is 0.556. The molecule has 28 heavy (non-hydrogen) atoms. The molecule has 8 nitrogen and oxygen atoms in total. The molecule has 0 aliphatic carbocycles. The molecule has 1 aromatic carbocycles. The molecule has 0 atom stereocenters. The topological polar surface area (TPSA) is 95.0 Å². The van der Waals surface area contributed by atoms with E-state index in [0.29, 0.717) is 17.6 Å². The number of rotatable bonds is 6. The number of aryl methyl sites for hydroxylation is 2. The van der Waals surface area contributed by atoms with Gasteiger partial charge in [0.05, 0.1) is 5.52 Å². The van der Waals surface area contributed by atoms with E-state index in [-0.39, 0.29) is 18.9 Å². The molecule has 0 saturated carbocycles. The molecule has 142 valence electrons. The number of pyridine rings is 1. The van der Waals surface area contributed by atoms with Crippen LogP contribution in [0.15, 0.2) is 64.2 Å². The number of para-hydroxylation sites is 2. The van der Waals surface area contributed by atoms with Crippen LogP contribution in [0.3, 0.4) is 0 Å². The molecule has 0 bridgehead atoms. The highest BCUT2D eigenvalue weighted by Crippen LogP contribution is 2.12.